The second kappa shape index (κ2) is 11.8. The number of rotatable bonds is 4. The van der Waals surface area contributed by atoms with E-state index in [4.69, 9.17) is 21.5 Å². The van der Waals surface area contributed by atoms with Crippen molar-refractivity contribution >= 4 is 29.4 Å². The zero-order valence-electron chi connectivity index (χ0n) is 22.2. The Kier molecular flexibility index (Phi) is 9.40. The molecular weight excluding hydrogens is 523 g/mol. The molecule has 0 bridgehead atoms. The summed E-state index contributed by atoms with van der Waals surface area (Å²) in [5.74, 6) is -1.66. The van der Waals surface area contributed by atoms with Crippen LogP contribution in [0.25, 0.3) is 0 Å². The maximum atomic E-state index is 13.6. The Labute approximate surface area is 226 Å². The SMILES string of the molecule is CCN1C(=O)C2(CCN(CC(C)C)CC2)CC12CCN(C(=O)c1ccc(Cl)cc1)CC2.O=C(O)C(F)(F)F. The fourth-order valence-corrected chi connectivity index (χ4v) is 6.33. The molecule has 3 fully saturated rings. The third-order valence-electron chi connectivity index (χ3n) is 8.01. The number of hydrogen-bond acceptors (Lipinski definition) is 4. The molecular formula is C27H37ClF3N3O4. The first-order valence-electron chi connectivity index (χ1n) is 13.1. The van der Waals surface area contributed by atoms with Crippen LogP contribution < -0.4 is 0 Å². The van der Waals surface area contributed by atoms with Crippen molar-refractivity contribution in [3.05, 3.63) is 34.9 Å². The molecule has 38 heavy (non-hydrogen) atoms. The summed E-state index contributed by atoms with van der Waals surface area (Å²) in [5, 5.41) is 7.77. The lowest BCUT2D eigenvalue weighted by Crippen LogP contribution is -2.54. The maximum absolute atomic E-state index is 13.6. The normalized spacial score (nSPS) is 21.1. The van der Waals surface area contributed by atoms with Crippen LogP contribution >= 0.6 is 11.6 Å². The van der Waals surface area contributed by atoms with Crippen LogP contribution in [0.3, 0.4) is 0 Å². The van der Waals surface area contributed by atoms with Crippen molar-refractivity contribution in [3.8, 4) is 0 Å². The van der Waals surface area contributed by atoms with Crippen LogP contribution in [-0.2, 0) is 9.59 Å². The molecule has 0 saturated carbocycles. The van der Waals surface area contributed by atoms with E-state index in [0.717, 1.165) is 58.3 Å². The van der Waals surface area contributed by atoms with E-state index < -0.39 is 12.1 Å². The van der Waals surface area contributed by atoms with Gasteiger partial charge in [-0.25, -0.2) is 4.79 Å². The number of amides is 2. The lowest BCUT2D eigenvalue weighted by Gasteiger charge is -2.45. The van der Waals surface area contributed by atoms with Gasteiger partial charge in [0, 0.05) is 42.3 Å². The number of alkyl halides is 3. The molecule has 0 aromatic heterocycles. The smallest absolute Gasteiger partial charge is 0.475 e. The Hall–Kier alpha value is -2.33. The number of carbonyl (C=O) groups is 3. The average Bonchev–Trinajstić information content (AvgIpc) is 3.07. The van der Waals surface area contributed by atoms with Gasteiger partial charge in [0.05, 0.1) is 5.41 Å². The van der Waals surface area contributed by atoms with Gasteiger partial charge in [0.15, 0.2) is 0 Å². The highest BCUT2D eigenvalue weighted by Crippen LogP contribution is 2.52. The van der Waals surface area contributed by atoms with Gasteiger partial charge < -0.3 is 19.8 Å². The maximum Gasteiger partial charge on any atom is 0.490 e. The number of piperidine rings is 2. The Morgan fingerprint density at radius 2 is 1.55 bits per heavy atom. The highest BCUT2D eigenvalue weighted by atomic mass is 35.5. The minimum Gasteiger partial charge on any atom is -0.475 e. The molecule has 2 spiro atoms. The molecule has 1 N–H and O–H groups in total. The minimum atomic E-state index is -5.08. The van der Waals surface area contributed by atoms with Gasteiger partial charge in [-0.2, -0.15) is 13.2 Å². The highest BCUT2D eigenvalue weighted by Gasteiger charge is 2.59. The van der Waals surface area contributed by atoms with Gasteiger partial charge >= 0.3 is 12.1 Å². The summed E-state index contributed by atoms with van der Waals surface area (Å²) in [4.78, 5) is 42.1. The number of hydrogen-bond donors (Lipinski definition) is 1. The van der Waals surface area contributed by atoms with Gasteiger partial charge in [-0.05, 0) is 82.3 Å². The molecule has 4 rings (SSSR count). The van der Waals surface area contributed by atoms with Crippen LogP contribution in [0.4, 0.5) is 13.2 Å². The van der Waals surface area contributed by atoms with Crippen LogP contribution in [0.1, 0.15) is 63.2 Å². The number of carboxylic acid groups (broad SMARTS) is 1. The number of nitrogens with zero attached hydrogens (tertiary/aromatic N) is 3. The predicted octanol–water partition coefficient (Wildman–Crippen LogP) is 4.94. The van der Waals surface area contributed by atoms with E-state index in [2.05, 4.69) is 30.6 Å². The van der Waals surface area contributed by atoms with Crippen molar-refractivity contribution in [2.75, 3.05) is 39.3 Å². The summed E-state index contributed by atoms with van der Waals surface area (Å²) in [6.07, 6.45) is -0.410. The van der Waals surface area contributed by atoms with Gasteiger partial charge in [0.1, 0.15) is 0 Å². The van der Waals surface area contributed by atoms with Crippen molar-refractivity contribution in [2.45, 2.75) is 64.6 Å². The van der Waals surface area contributed by atoms with E-state index in [0.29, 0.717) is 35.5 Å². The molecule has 2 amide bonds. The summed E-state index contributed by atoms with van der Waals surface area (Å²) in [5.41, 5.74) is 0.415. The van der Waals surface area contributed by atoms with Crippen molar-refractivity contribution in [2.24, 2.45) is 11.3 Å². The molecule has 3 heterocycles. The summed E-state index contributed by atoms with van der Waals surface area (Å²) in [6.45, 7) is 12.0. The Morgan fingerprint density at radius 3 is 2.00 bits per heavy atom. The molecule has 3 saturated heterocycles. The van der Waals surface area contributed by atoms with E-state index in [1.54, 1.807) is 24.3 Å². The number of carbonyl (C=O) groups excluding carboxylic acids is 2. The molecule has 0 atom stereocenters. The molecule has 0 radical (unpaired) electrons. The zero-order chi connectivity index (χ0) is 28.3. The predicted molar refractivity (Wildman–Crippen MR) is 138 cm³/mol. The Bertz CT molecular complexity index is 1000. The van der Waals surface area contributed by atoms with Crippen LogP contribution in [-0.4, -0.2) is 88.6 Å². The lowest BCUT2D eigenvalue weighted by molar-refractivity contribution is -0.192. The van der Waals surface area contributed by atoms with E-state index in [1.807, 2.05) is 4.90 Å². The second-order valence-corrected chi connectivity index (χ2v) is 11.5. The molecule has 0 unspecified atom stereocenters. The summed E-state index contributed by atoms with van der Waals surface area (Å²) >= 11 is 5.97. The minimum absolute atomic E-state index is 0.0654. The van der Waals surface area contributed by atoms with Crippen molar-refractivity contribution in [1.82, 2.24) is 14.7 Å². The first-order chi connectivity index (χ1) is 17.7. The summed E-state index contributed by atoms with van der Waals surface area (Å²) in [6, 6.07) is 7.13. The standard InChI is InChI=1S/C25H36ClN3O2.C2HF3O2/c1-4-29-23(31)24(9-13-27(14-10-24)17-19(2)3)18-25(29)11-15-28(16-12-25)22(30)20-5-7-21(26)8-6-20;3-2(4,5)1(6)7/h5-8,19H,4,9-18H2,1-3H3;(H,6,7). The lowest BCUT2D eigenvalue weighted by atomic mass is 9.71. The molecule has 1 aromatic carbocycles. The van der Waals surface area contributed by atoms with Crippen LogP contribution in [0.2, 0.25) is 5.02 Å². The molecule has 11 heteroatoms. The first-order valence-corrected chi connectivity index (χ1v) is 13.5. The largest absolute Gasteiger partial charge is 0.490 e. The second-order valence-electron chi connectivity index (χ2n) is 11.0. The topological polar surface area (TPSA) is 81.2 Å². The molecule has 3 aliphatic rings. The first kappa shape index (κ1) is 30.2. The van der Waals surface area contributed by atoms with Crippen LogP contribution in [0, 0.1) is 11.3 Å². The average molecular weight is 560 g/mol. The Morgan fingerprint density at radius 1 is 1.03 bits per heavy atom. The number of halogens is 4. The Balaban J connectivity index is 0.000000505. The van der Waals surface area contributed by atoms with Crippen LogP contribution in [0.5, 0.6) is 0 Å². The van der Waals surface area contributed by atoms with Crippen molar-refractivity contribution < 1.29 is 32.7 Å². The van der Waals surface area contributed by atoms with Gasteiger partial charge in [-0.3, -0.25) is 9.59 Å². The van der Waals surface area contributed by atoms with E-state index in [9.17, 15) is 22.8 Å². The molecule has 3 aliphatic heterocycles. The summed E-state index contributed by atoms with van der Waals surface area (Å²) < 4.78 is 31.7. The van der Waals surface area contributed by atoms with Gasteiger partial charge in [0.25, 0.3) is 5.91 Å². The number of aliphatic carboxylic acids is 1. The van der Waals surface area contributed by atoms with Gasteiger partial charge in [0.2, 0.25) is 5.91 Å². The summed E-state index contributed by atoms with van der Waals surface area (Å²) in [7, 11) is 0. The quantitative estimate of drug-likeness (QED) is 0.565. The fraction of sp³-hybridized carbons (Fsp3) is 0.667. The molecule has 0 aliphatic carbocycles. The third kappa shape index (κ3) is 6.62. The monoisotopic (exact) mass is 559 g/mol. The number of benzene rings is 1. The van der Waals surface area contributed by atoms with Crippen molar-refractivity contribution in [3.63, 3.8) is 0 Å². The zero-order valence-corrected chi connectivity index (χ0v) is 22.9. The third-order valence-corrected chi connectivity index (χ3v) is 8.26. The van der Waals surface area contributed by atoms with E-state index >= 15 is 0 Å². The number of likely N-dealkylation sites (tertiary alicyclic amines) is 3. The van der Waals surface area contributed by atoms with E-state index in [1.165, 1.54) is 0 Å². The fourth-order valence-electron chi connectivity index (χ4n) is 6.20. The highest BCUT2D eigenvalue weighted by molar-refractivity contribution is 6.30. The van der Waals surface area contributed by atoms with Crippen LogP contribution in [0.15, 0.2) is 24.3 Å². The van der Waals surface area contributed by atoms with Crippen molar-refractivity contribution in [1.29, 1.82) is 0 Å². The number of carboxylic acids is 1. The molecule has 212 valence electrons. The molecule has 7 nitrogen and oxygen atoms in total. The van der Waals surface area contributed by atoms with Gasteiger partial charge in [-0.15, -0.1) is 0 Å². The van der Waals surface area contributed by atoms with Gasteiger partial charge in [-0.1, -0.05) is 25.4 Å². The molecule has 1 aromatic rings. The van der Waals surface area contributed by atoms with E-state index in [-0.39, 0.29) is 16.9 Å².